The fraction of sp³-hybridized carbons (Fsp3) is 0.455. The number of amides is 1. The lowest BCUT2D eigenvalue weighted by atomic mass is 10.1. The third-order valence-electron chi connectivity index (χ3n) is 2.42. The first-order valence-electron chi connectivity index (χ1n) is 5.76. The number of hydrogen-bond acceptors (Lipinski definition) is 4. The highest BCUT2D eigenvalue weighted by atomic mass is 16.4. The van der Waals surface area contributed by atoms with Crippen molar-refractivity contribution in [3.8, 4) is 0 Å². The summed E-state index contributed by atoms with van der Waals surface area (Å²) >= 11 is 0. The van der Waals surface area contributed by atoms with Gasteiger partial charge in [-0.2, -0.15) is 0 Å². The average molecular weight is 269 g/mol. The number of carboxylic acids is 1. The van der Waals surface area contributed by atoms with Crippen molar-refractivity contribution in [3.63, 3.8) is 0 Å². The van der Waals surface area contributed by atoms with Crippen LogP contribution in [0.4, 0.5) is 0 Å². The van der Waals surface area contributed by atoms with Crippen LogP contribution >= 0.6 is 0 Å². The highest BCUT2D eigenvalue weighted by Gasteiger charge is 2.18. The number of carbonyl (C=O) groups excluding carboxylic acids is 1. The molecule has 0 spiro atoms. The fourth-order valence-corrected chi connectivity index (χ4v) is 1.51. The van der Waals surface area contributed by atoms with Gasteiger partial charge in [0.15, 0.2) is 0 Å². The van der Waals surface area contributed by atoms with Crippen molar-refractivity contribution in [3.05, 3.63) is 33.1 Å². The second-order valence-electron chi connectivity index (χ2n) is 3.99. The van der Waals surface area contributed by atoms with E-state index in [2.05, 4.69) is 5.32 Å². The number of nitrogens with one attached hydrogen (secondary N) is 2. The number of aromatic nitrogens is 2. The number of aliphatic carboxylic acids is 1. The van der Waals surface area contributed by atoms with Gasteiger partial charge in [0.1, 0.15) is 12.6 Å². The number of H-pyrrole nitrogens is 1. The Morgan fingerprint density at radius 1 is 1.47 bits per heavy atom. The number of nitrogens with zero attached hydrogens (tertiary/aromatic N) is 1. The molecule has 0 saturated carbocycles. The molecule has 0 fully saturated rings. The quantitative estimate of drug-likeness (QED) is 0.605. The van der Waals surface area contributed by atoms with Crippen LogP contribution in [0.1, 0.15) is 19.8 Å². The normalized spacial score (nSPS) is 11.8. The van der Waals surface area contributed by atoms with Crippen molar-refractivity contribution < 1.29 is 14.7 Å². The molecular formula is C11H15N3O5. The molecular weight excluding hydrogens is 254 g/mol. The van der Waals surface area contributed by atoms with E-state index in [9.17, 15) is 19.2 Å². The first-order chi connectivity index (χ1) is 8.93. The molecule has 3 N–H and O–H groups in total. The average Bonchev–Trinajstić information content (AvgIpc) is 2.32. The van der Waals surface area contributed by atoms with Gasteiger partial charge in [-0.1, -0.05) is 13.3 Å². The third kappa shape index (κ3) is 4.41. The Bertz CT molecular complexity index is 574. The maximum absolute atomic E-state index is 11.6. The summed E-state index contributed by atoms with van der Waals surface area (Å²) in [6, 6.07) is 0.131. The third-order valence-corrected chi connectivity index (χ3v) is 2.42. The van der Waals surface area contributed by atoms with Crippen LogP contribution in [0.25, 0.3) is 0 Å². The van der Waals surface area contributed by atoms with Gasteiger partial charge >= 0.3 is 11.7 Å². The lowest BCUT2D eigenvalue weighted by Crippen LogP contribution is -2.43. The van der Waals surface area contributed by atoms with E-state index in [1.807, 2.05) is 4.98 Å². The van der Waals surface area contributed by atoms with Crippen molar-refractivity contribution in [2.75, 3.05) is 0 Å². The first-order valence-corrected chi connectivity index (χ1v) is 5.76. The van der Waals surface area contributed by atoms with Crippen molar-refractivity contribution >= 4 is 11.9 Å². The van der Waals surface area contributed by atoms with E-state index in [1.54, 1.807) is 6.92 Å². The Labute approximate surface area is 108 Å². The predicted molar refractivity (Wildman–Crippen MR) is 65.8 cm³/mol. The largest absolute Gasteiger partial charge is 0.480 e. The zero-order valence-corrected chi connectivity index (χ0v) is 10.4. The van der Waals surface area contributed by atoms with Crippen molar-refractivity contribution in [1.29, 1.82) is 0 Å². The van der Waals surface area contributed by atoms with Gasteiger partial charge in [-0.05, 0) is 6.42 Å². The minimum Gasteiger partial charge on any atom is -0.480 e. The van der Waals surface area contributed by atoms with Crippen LogP contribution in [-0.4, -0.2) is 32.6 Å². The smallest absolute Gasteiger partial charge is 0.328 e. The number of hydrogen-bond donors (Lipinski definition) is 3. The van der Waals surface area contributed by atoms with Gasteiger partial charge in [0.05, 0.1) is 0 Å². The Morgan fingerprint density at radius 3 is 2.68 bits per heavy atom. The molecule has 1 atom stereocenters. The minimum absolute atomic E-state index is 0.307. The molecule has 1 amide bonds. The summed E-state index contributed by atoms with van der Waals surface area (Å²) in [7, 11) is 0. The highest BCUT2D eigenvalue weighted by molar-refractivity contribution is 5.83. The summed E-state index contributed by atoms with van der Waals surface area (Å²) in [5.74, 6) is -1.72. The van der Waals surface area contributed by atoms with Gasteiger partial charge in [0, 0.05) is 12.3 Å². The van der Waals surface area contributed by atoms with Crippen LogP contribution in [0.3, 0.4) is 0 Å². The summed E-state index contributed by atoms with van der Waals surface area (Å²) in [5.41, 5.74) is -1.28. The molecule has 0 unspecified atom stereocenters. The molecule has 1 rings (SSSR count). The molecule has 0 radical (unpaired) electrons. The molecule has 0 bridgehead atoms. The Hall–Kier alpha value is -2.38. The van der Waals surface area contributed by atoms with Gasteiger partial charge in [-0.3, -0.25) is 19.1 Å². The Balaban J connectivity index is 2.71. The summed E-state index contributed by atoms with van der Waals surface area (Å²) in [4.78, 5) is 46.6. The second kappa shape index (κ2) is 6.53. The molecule has 1 aromatic heterocycles. The number of rotatable bonds is 6. The van der Waals surface area contributed by atoms with Gasteiger partial charge in [0.2, 0.25) is 5.91 Å². The van der Waals surface area contributed by atoms with E-state index in [-0.39, 0.29) is 6.54 Å². The molecule has 0 aliphatic heterocycles. The summed E-state index contributed by atoms with van der Waals surface area (Å²) < 4.78 is 0.988. The van der Waals surface area contributed by atoms with E-state index in [4.69, 9.17) is 5.11 Å². The predicted octanol–water partition coefficient (Wildman–Crippen LogP) is -1.09. The van der Waals surface area contributed by atoms with E-state index >= 15 is 0 Å². The molecule has 0 aromatic carbocycles. The minimum atomic E-state index is -1.12. The highest BCUT2D eigenvalue weighted by Crippen LogP contribution is 1.96. The molecule has 1 aromatic rings. The van der Waals surface area contributed by atoms with E-state index in [0.717, 1.165) is 10.6 Å². The molecule has 0 aliphatic carbocycles. The number of carbonyl (C=O) groups is 2. The zero-order chi connectivity index (χ0) is 14.4. The first kappa shape index (κ1) is 14.7. The van der Waals surface area contributed by atoms with Crippen LogP contribution in [0.5, 0.6) is 0 Å². The van der Waals surface area contributed by atoms with E-state index < -0.39 is 29.2 Å². The molecule has 8 heteroatoms. The van der Waals surface area contributed by atoms with Crippen molar-refractivity contribution in [1.82, 2.24) is 14.9 Å². The van der Waals surface area contributed by atoms with Gasteiger partial charge < -0.3 is 10.4 Å². The SMILES string of the molecule is CCC[C@H](NC(=O)Cn1ccc(=O)[nH]c1=O)C(=O)O. The van der Waals surface area contributed by atoms with Crippen LogP contribution in [-0.2, 0) is 16.1 Å². The second-order valence-corrected chi connectivity index (χ2v) is 3.99. The zero-order valence-electron chi connectivity index (χ0n) is 10.4. The lowest BCUT2D eigenvalue weighted by Gasteiger charge is -2.13. The van der Waals surface area contributed by atoms with Crippen LogP contribution in [0.2, 0.25) is 0 Å². The molecule has 8 nitrogen and oxygen atoms in total. The number of carboxylic acid groups (broad SMARTS) is 1. The monoisotopic (exact) mass is 269 g/mol. The summed E-state index contributed by atoms with van der Waals surface area (Å²) in [6.45, 7) is 1.46. The van der Waals surface area contributed by atoms with Gasteiger partial charge in [-0.25, -0.2) is 9.59 Å². The topological polar surface area (TPSA) is 121 Å². The van der Waals surface area contributed by atoms with Gasteiger partial charge in [0.25, 0.3) is 5.56 Å². The molecule has 19 heavy (non-hydrogen) atoms. The maximum atomic E-state index is 11.6. The molecule has 1 heterocycles. The molecule has 0 aliphatic rings. The van der Waals surface area contributed by atoms with Crippen LogP contribution < -0.4 is 16.6 Å². The number of aromatic amines is 1. The Morgan fingerprint density at radius 2 is 2.16 bits per heavy atom. The molecule has 0 saturated heterocycles. The standard InChI is InChI=1S/C11H15N3O5/c1-2-3-7(10(17)18)12-9(16)6-14-5-4-8(15)13-11(14)19/h4-5,7H,2-3,6H2,1H3,(H,12,16)(H,17,18)(H,13,15,19)/t7-/m0/s1. The summed E-state index contributed by atoms with van der Waals surface area (Å²) in [5, 5.41) is 11.2. The fourth-order valence-electron chi connectivity index (χ4n) is 1.51. The van der Waals surface area contributed by atoms with Crippen molar-refractivity contribution in [2.24, 2.45) is 0 Å². The Kier molecular flexibility index (Phi) is 5.04. The van der Waals surface area contributed by atoms with E-state index in [1.165, 1.54) is 6.20 Å². The van der Waals surface area contributed by atoms with E-state index in [0.29, 0.717) is 12.8 Å². The summed E-state index contributed by atoms with van der Waals surface area (Å²) in [6.07, 6.45) is 2.09. The van der Waals surface area contributed by atoms with Crippen molar-refractivity contribution in [2.45, 2.75) is 32.4 Å². The van der Waals surface area contributed by atoms with Crippen LogP contribution in [0.15, 0.2) is 21.9 Å². The van der Waals surface area contributed by atoms with Gasteiger partial charge in [-0.15, -0.1) is 0 Å². The molecule has 104 valence electrons. The lowest BCUT2D eigenvalue weighted by molar-refractivity contribution is -0.142. The van der Waals surface area contributed by atoms with Crippen LogP contribution in [0, 0.1) is 0 Å². The maximum Gasteiger partial charge on any atom is 0.328 e.